The van der Waals surface area contributed by atoms with Gasteiger partial charge in [-0.3, -0.25) is 0 Å². The molecule has 0 radical (unpaired) electrons. The molecule has 5 heteroatoms. The number of fused-ring (bicyclic) bond motifs is 1. The first-order chi connectivity index (χ1) is 13.6. The van der Waals surface area contributed by atoms with Gasteiger partial charge in [-0.2, -0.15) is 0 Å². The van der Waals surface area contributed by atoms with Gasteiger partial charge in [0, 0.05) is 17.7 Å². The maximum absolute atomic E-state index is 10.0. The summed E-state index contributed by atoms with van der Waals surface area (Å²) in [5.41, 5.74) is 4.85. The molecule has 0 aliphatic carbocycles. The zero-order valence-electron chi connectivity index (χ0n) is 15.9. The van der Waals surface area contributed by atoms with E-state index < -0.39 is 0 Å². The number of benzene rings is 3. The van der Waals surface area contributed by atoms with E-state index in [9.17, 15) is 10.2 Å². The molecule has 3 aromatic carbocycles. The Morgan fingerprint density at radius 1 is 0.857 bits per heavy atom. The van der Waals surface area contributed by atoms with E-state index in [0.717, 1.165) is 52.3 Å². The highest BCUT2D eigenvalue weighted by Gasteiger charge is 2.27. The Bertz CT molecular complexity index is 1000. The van der Waals surface area contributed by atoms with Crippen molar-refractivity contribution in [1.29, 1.82) is 0 Å². The zero-order chi connectivity index (χ0) is 19.7. The molecule has 0 aromatic heterocycles. The number of aromatic hydroxyl groups is 2. The van der Waals surface area contributed by atoms with Crippen LogP contribution in [-0.2, 0) is 6.42 Å². The second-order valence-electron chi connectivity index (χ2n) is 6.84. The molecular weight excluding hydrogens is 354 g/mol. The average molecular weight is 377 g/mol. The molecule has 1 heterocycles. The van der Waals surface area contributed by atoms with E-state index in [1.807, 2.05) is 42.5 Å². The van der Waals surface area contributed by atoms with Gasteiger partial charge in [-0.1, -0.05) is 30.3 Å². The van der Waals surface area contributed by atoms with Crippen molar-refractivity contribution in [1.82, 2.24) is 5.32 Å². The van der Waals surface area contributed by atoms with Crippen LogP contribution >= 0.6 is 0 Å². The molecule has 28 heavy (non-hydrogen) atoms. The molecule has 0 saturated carbocycles. The number of ether oxygens (including phenoxy) is 2. The summed E-state index contributed by atoms with van der Waals surface area (Å²) in [6, 6.07) is 17.1. The lowest BCUT2D eigenvalue weighted by molar-refractivity contribution is 0.390. The molecule has 1 aliphatic heterocycles. The predicted molar refractivity (Wildman–Crippen MR) is 108 cm³/mol. The maximum Gasteiger partial charge on any atom is 0.157 e. The topological polar surface area (TPSA) is 71.0 Å². The molecule has 3 aromatic rings. The van der Waals surface area contributed by atoms with Gasteiger partial charge in [0.15, 0.2) is 11.5 Å². The summed E-state index contributed by atoms with van der Waals surface area (Å²) >= 11 is 0. The van der Waals surface area contributed by atoms with Crippen LogP contribution in [0.25, 0.3) is 11.1 Å². The molecular formula is C23H23NO4. The largest absolute Gasteiger partial charge is 0.504 e. The van der Waals surface area contributed by atoms with E-state index in [1.54, 1.807) is 26.4 Å². The van der Waals surface area contributed by atoms with E-state index in [1.165, 1.54) is 0 Å². The third kappa shape index (κ3) is 3.14. The fraction of sp³-hybridized carbons (Fsp3) is 0.217. The SMILES string of the molecule is COc1cc(C2NCCc3cc(O)c(O)cc32)c(OC)cc1-c1ccccc1. The molecule has 5 nitrogen and oxygen atoms in total. The number of hydrogen-bond acceptors (Lipinski definition) is 5. The van der Waals surface area contributed by atoms with Gasteiger partial charge in [-0.25, -0.2) is 0 Å². The Morgan fingerprint density at radius 3 is 2.29 bits per heavy atom. The van der Waals surface area contributed by atoms with Crippen LogP contribution in [0.5, 0.6) is 23.0 Å². The highest BCUT2D eigenvalue weighted by atomic mass is 16.5. The van der Waals surface area contributed by atoms with Gasteiger partial charge in [0.2, 0.25) is 0 Å². The molecule has 144 valence electrons. The van der Waals surface area contributed by atoms with Crippen LogP contribution in [0, 0.1) is 0 Å². The molecule has 1 atom stereocenters. The monoisotopic (exact) mass is 377 g/mol. The standard InChI is InChI=1S/C23H23NO4/c1-27-21-13-18(22(28-2)12-16(21)14-6-4-3-5-7-14)23-17-11-20(26)19(25)10-15(17)8-9-24-23/h3-7,10-13,23-26H,8-9H2,1-2H3. The van der Waals surface area contributed by atoms with Crippen LogP contribution in [0.4, 0.5) is 0 Å². The van der Waals surface area contributed by atoms with Crippen LogP contribution in [0.2, 0.25) is 0 Å². The van der Waals surface area contributed by atoms with Crippen LogP contribution in [0.15, 0.2) is 54.6 Å². The van der Waals surface area contributed by atoms with Gasteiger partial charge < -0.3 is 25.0 Å². The van der Waals surface area contributed by atoms with Gasteiger partial charge in [0.05, 0.1) is 20.3 Å². The molecule has 1 aliphatic rings. The van der Waals surface area contributed by atoms with Crippen LogP contribution in [0.3, 0.4) is 0 Å². The third-order valence-corrected chi connectivity index (χ3v) is 5.24. The number of nitrogens with one attached hydrogen (secondary N) is 1. The lowest BCUT2D eigenvalue weighted by Crippen LogP contribution is -2.30. The van der Waals surface area contributed by atoms with Crippen molar-refractivity contribution in [3.63, 3.8) is 0 Å². The van der Waals surface area contributed by atoms with Gasteiger partial charge in [0.25, 0.3) is 0 Å². The summed E-state index contributed by atoms with van der Waals surface area (Å²) < 4.78 is 11.4. The van der Waals surface area contributed by atoms with Crippen LogP contribution in [0.1, 0.15) is 22.7 Å². The average Bonchev–Trinajstić information content (AvgIpc) is 2.74. The zero-order valence-corrected chi connectivity index (χ0v) is 15.9. The summed E-state index contributed by atoms with van der Waals surface area (Å²) in [6.45, 7) is 0.758. The van der Waals surface area contributed by atoms with Crippen molar-refractivity contribution in [3.05, 3.63) is 71.3 Å². The summed E-state index contributed by atoms with van der Waals surface area (Å²) in [5.74, 6) is 1.26. The third-order valence-electron chi connectivity index (χ3n) is 5.24. The molecule has 0 saturated heterocycles. The molecule has 0 bridgehead atoms. The number of hydrogen-bond donors (Lipinski definition) is 3. The Hall–Kier alpha value is -3.18. The van der Waals surface area contributed by atoms with E-state index in [-0.39, 0.29) is 17.5 Å². The highest BCUT2D eigenvalue weighted by molar-refractivity contribution is 5.74. The Morgan fingerprint density at radius 2 is 1.57 bits per heavy atom. The van der Waals surface area contributed by atoms with Crippen LogP contribution < -0.4 is 14.8 Å². The lowest BCUT2D eigenvalue weighted by atomic mass is 9.88. The smallest absolute Gasteiger partial charge is 0.157 e. The summed E-state index contributed by atoms with van der Waals surface area (Å²) in [4.78, 5) is 0. The minimum Gasteiger partial charge on any atom is -0.504 e. The van der Waals surface area contributed by atoms with Crippen molar-refractivity contribution < 1.29 is 19.7 Å². The van der Waals surface area contributed by atoms with Crippen molar-refractivity contribution in [2.24, 2.45) is 0 Å². The van der Waals surface area contributed by atoms with Crippen molar-refractivity contribution >= 4 is 0 Å². The van der Waals surface area contributed by atoms with E-state index in [2.05, 4.69) is 5.32 Å². The van der Waals surface area contributed by atoms with Gasteiger partial charge >= 0.3 is 0 Å². The molecule has 4 rings (SSSR count). The lowest BCUT2D eigenvalue weighted by Gasteiger charge is -2.29. The second kappa shape index (κ2) is 7.44. The number of phenols is 2. The van der Waals surface area contributed by atoms with Gasteiger partial charge in [-0.15, -0.1) is 0 Å². The van der Waals surface area contributed by atoms with Crippen molar-refractivity contribution in [2.75, 3.05) is 20.8 Å². The summed E-state index contributed by atoms with van der Waals surface area (Å²) in [5, 5.41) is 23.4. The molecule has 0 fully saturated rings. The quantitative estimate of drug-likeness (QED) is 0.599. The second-order valence-corrected chi connectivity index (χ2v) is 6.84. The normalized spacial score (nSPS) is 15.7. The molecule has 0 amide bonds. The predicted octanol–water partition coefficient (Wildman–Crippen LogP) is 4.02. The van der Waals surface area contributed by atoms with Crippen LogP contribution in [-0.4, -0.2) is 31.0 Å². The van der Waals surface area contributed by atoms with Crippen molar-refractivity contribution in [3.8, 4) is 34.1 Å². The fourth-order valence-corrected chi connectivity index (χ4v) is 3.85. The molecule has 0 spiro atoms. The Labute approximate surface area is 164 Å². The summed E-state index contributed by atoms with van der Waals surface area (Å²) in [6.07, 6.45) is 0.779. The molecule has 3 N–H and O–H groups in total. The van der Waals surface area contributed by atoms with E-state index >= 15 is 0 Å². The number of rotatable bonds is 4. The van der Waals surface area contributed by atoms with Gasteiger partial charge in [0.1, 0.15) is 11.5 Å². The van der Waals surface area contributed by atoms with Gasteiger partial charge in [-0.05, 0) is 47.4 Å². The fourth-order valence-electron chi connectivity index (χ4n) is 3.85. The van der Waals surface area contributed by atoms with Crippen molar-refractivity contribution in [2.45, 2.75) is 12.5 Å². The summed E-state index contributed by atoms with van der Waals surface area (Å²) in [7, 11) is 3.31. The maximum atomic E-state index is 10.0. The molecule has 1 unspecified atom stereocenters. The first-order valence-electron chi connectivity index (χ1n) is 9.22. The Kier molecular flexibility index (Phi) is 4.84. The van der Waals surface area contributed by atoms with E-state index in [0.29, 0.717) is 0 Å². The highest BCUT2D eigenvalue weighted by Crippen LogP contribution is 2.43. The number of methoxy groups -OCH3 is 2. The minimum absolute atomic E-state index is 0.0941. The first kappa shape index (κ1) is 18.2. The first-order valence-corrected chi connectivity index (χ1v) is 9.22. The number of phenolic OH excluding ortho intramolecular Hbond substituents is 2. The van der Waals surface area contributed by atoms with E-state index in [4.69, 9.17) is 9.47 Å². The Balaban J connectivity index is 1.87. The minimum atomic E-state index is -0.177.